The van der Waals surface area contributed by atoms with E-state index in [2.05, 4.69) is 25.8 Å². The van der Waals surface area contributed by atoms with Gasteiger partial charge in [-0.05, 0) is 19.8 Å². The molecule has 1 rings (SSSR count). The van der Waals surface area contributed by atoms with Gasteiger partial charge in [-0.15, -0.1) is 11.3 Å². The molecule has 96 valence electrons. The van der Waals surface area contributed by atoms with E-state index in [1.54, 1.807) is 11.3 Å². The quantitative estimate of drug-likeness (QED) is 0.814. The highest BCUT2D eigenvalue weighted by Crippen LogP contribution is 2.14. The molecule has 17 heavy (non-hydrogen) atoms. The number of aryl methyl sites for hydroxylation is 1. The third kappa shape index (κ3) is 4.44. The largest absolute Gasteiger partial charge is 0.480 e. The van der Waals surface area contributed by atoms with Gasteiger partial charge < -0.3 is 5.11 Å². The first-order valence-corrected chi connectivity index (χ1v) is 6.83. The summed E-state index contributed by atoms with van der Waals surface area (Å²) in [7, 11) is 0. The minimum atomic E-state index is -0.781. The van der Waals surface area contributed by atoms with Crippen molar-refractivity contribution in [3.05, 3.63) is 16.1 Å². The fourth-order valence-corrected chi connectivity index (χ4v) is 2.33. The molecule has 4 nitrogen and oxygen atoms in total. The van der Waals surface area contributed by atoms with Gasteiger partial charge in [0.15, 0.2) is 0 Å². The zero-order chi connectivity index (χ0) is 12.8. The summed E-state index contributed by atoms with van der Waals surface area (Å²) in [6, 6.07) is 0.262. The van der Waals surface area contributed by atoms with Crippen molar-refractivity contribution in [2.75, 3.05) is 6.54 Å². The van der Waals surface area contributed by atoms with Crippen LogP contribution in [0.2, 0.25) is 0 Å². The van der Waals surface area contributed by atoms with Crippen LogP contribution in [-0.4, -0.2) is 33.5 Å². The molecule has 0 bridgehead atoms. The number of thiazole rings is 1. The zero-order valence-electron chi connectivity index (χ0n) is 10.6. The molecule has 0 aliphatic rings. The van der Waals surface area contributed by atoms with Crippen molar-refractivity contribution in [1.29, 1.82) is 0 Å². The van der Waals surface area contributed by atoms with E-state index in [0.717, 1.165) is 23.5 Å². The van der Waals surface area contributed by atoms with Gasteiger partial charge in [0.05, 0.1) is 17.2 Å². The molecule has 0 aliphatic heterocycles. The lowest BCUT2D eigenvalue weighted by Crippen LogP contribution is -2.36. The monoisotopic (exact) mass is 256 g/mol. The summed E-state index contributed by atoms with van der Waals surface area (Å²) in [5.41, 5.74) is 0.980. The summed E-state index contributed by atoms with van der Waals surface area (Å²) in [6.45, 7) is 6.90. The average molecular weight is 256 g/mol. The first-order chi connectivity index (χ1) is 8.06. The van der Waals surface area contributed by atoms with Crippen LogP contribution in [0.25, 0.3) is 0 Å². The fraction of sp³-hybridized carbons (Fsp3) is 0.667. The lowest BCUT2D eigenvalue weighted by Gasteiger charge is -2.25. The van der Waals surface area contributed by atoms with Gasteiger partial charge in [0.2, 0.25) is 0 Å². The molecule has 0 saturated heterocycles. The maximum atomic E-state index is 10.8. The Bertz CT molecular complexity index is 365. The van der Waals surface area contributed by atoms with Crippen LogP contribution in [0.1, 0.15) is 37.9 Å². The number of carboxylic acids is 1. The van der Waals surface area contributed by atoms with E-state index < -0.39 is 5.97 Å². The second-order valence-electron chi connectivity index (χ2n) is 4.14. The van der Waals surface area contributed by atoms with Crippen LogP contribution < -0.4 is 0 Å². The number of hydrogen-bond donors (Lipinski definition) is 1. The first-order valence-electron chi connectivity index (χ1n) is 5.95. The van der Waals surface area contributed by atoms with E-state index in [9.17, 15) is 4.79 Å². The Kier molecular flexibility index (Phi) is 5.58. The second-order valence-corrected chi connectivity index (χ2v) is 5.08. The topological polar surface area (TPSA) is 53.4 Å². The number of aromatic nitrogens is 1. The molecule has 0 aliphatic carbocycles. The zero-order valence-corrected chi connectivity index (χ0v) is 11.5. The highest BCUT2D eigenvalue weighted by atomic mass is 32.1. The Morgan fingerprint density at radius 3 is 2.76 bits per heavy atom. The van der Waals surface area contributed by atoms with Crippen molar-refractivity contribution in [2.45, 2.75) is 46.2 Å². The Morgan fingerprint density at radius 1 is 1.59 bits per heavy atom. The molecule has 0 aromatic carbocycles. The van der Waals surface area contributed by atoms with E-state index in [0.29, 0.717) is 6.54 Å². The van der Waals surface area contributed by atoms with Gasteiger partial charge in [-0.25, -0.2) is 4.98 Å². The normalized spacial score (nSPS) is 12.9. The third-order valence-corrected chi connectivity index (χ3v) is 3.86. The van der Waals surface area contributed by atoms with Crippen molar-refractivity contribution in [3.8, 4) is 0 Å². The maximum absolute atomic E-state index is 10.8. The van der Waals surface area contributed by atoms with Crippen molar-refractivity contribution in [1.82, 2.24) is 9.88 Å². The van der Waals surface area contributed by atoms with Crippen molar-refractivity contribution in [3.63, 3.8) is 0 Å². The molecule has 1 atom stereocenters. The van der Waals surface area contributed by atoms with Gasteiger partial charge in [-0.1, -0.05) is 13.8 Å². The van der Waals surface area contributed by atoms with Crippen LogP contribution in [0.15, 0.2) is 5.38 Å². The summed E-state index contributed by atoms with van der Waals surface area (Å²) in [4.78, 5) is 17.3. The highest BCUT2D eigenvalue weighted by molar-refractivity contribution is 7.09. The molecular formula is C12H20N2O2S. The maximum Gasteiger partial charge on any atom is 0.317 e. The molecule has 1 aromatic rings. The summed E-state index contributed by atoms with van der Waals surface area (Å²) < 4.78 is 0. The molecule has 1 heterocycles. The summed E-state index contributed by atoms with van der Waals surface area (Å²) >= 11 is 1.64. The van der Waals surface area contributed by atoms with Crippen LogP contribution in [0, 0.1) is 0 Å². The first kappa shape index (κ1) is 14.1. The van der Waals surface area contributed by atoms with Gasteiger partial charge in [-0.2, -0.15) is 0 Å². The Balaban J connectivity index is 2.67. The molecule has 0 spiro atoms. The highest BCUT2D eigenvalue weighted by Gasteiger charge is 2.17. The van der Waals surface area contributed by atoms with E-state index >= 15 is 0 Å². The van der Waals surface area contributed by atoms with Crippen molar-refractivity contribution < 1.29 is 9.90 Å². The molecule has 0 radical (unpaired) electrons. The van der Waals surface area contributed by atoms with Gasteiger partial charge in [0, 0.05) is 18.0 Å². The fourth-order valence-electron chi connectivity index (χ4n) is 1.59. The lowest BCUT2D eigenvalue weighted by atomic mass is 10.2. The molecule has 0 fully saturated rings. The van der Waals surface area contributed by atoms with Gasteiger partial charge in [0.25, 0.3) is 0 Å². The minimum absolute atomic E-state index is 0.0774. The lowest BCUT2D eigenvalue weighted by molar-refractivity contribution is -0.139. The van der Waals surface area contributed by atoms with Gasteiger partial charge in [0.1, 0.15) is 0 Å². The predicted molar refractivity (Wildman–Crippen MR) is 69.3 cm³/mol. The van der Waals surface area contributed by atoms with Crippen molar-refractivity contribution in [2.24, 2.45) is 0 Å². The van der Waals surface area contributed by atoms with E-state index in [-0.39, 0.29) is 12.6 Å². The molecule has 5 heteroatoms. The van der Waals surface area contributed by atoms with Crippen LogP contribution in [-0.2, 0) is 17.8 Å². The number of rotatable bonds is 7. The van der Waals surface area contributed by atoms with Gasteiger partial charge in [-0.3, -0.25) is 9.69 Å². The standard InChI is InChI=1S/C12H20N2O2S/c1-4-9(3)14(7-12(15)16)6-10-8-17-11(5-2)13-10/h8-9H,4-7H2,1-3H3,(H,15,16). The van der Waals surface area contributed by atoms with E-state index in [1.165, 1.54) is 0 Å². The molecule has 1 aromatic heterocycles. The number of aliphatic carboxylic acids is 1. The number of hydrogen-bond acceptors (Lipinski definition) is 4. The summed E-state index contributed by atoms with van der Waals surface area (Å²) in [5.74, 6) is -0.781. The van der Waals surface area contributed by atoms with Gasteiger partial charge >= 0.3 is 5.97 Å². The van der Waals surface area contributed by atoms with E-state index in [4.69, 9.17) is 5.11 Å². The predicted octanol–water partition coefficient (Wildman–Crippen LogP) is 2.39. The van der Waals surface area contributed by atoms with Crippen LogP contribution in [0.5, 0.6) is 0 Å². The number of nitrogens with zero attached hydrogens (tertiary/aromatic N) is 2. The Labute approximate surface area is 106 Å². The minimum Gasteiger partial charge on any atom is -0.480 e. The molecule has 1 unspecified atom stereocenters. The van der Waals surface area contributed by atoms with Crippen LogP contribution >= 0.6 is 11.3 Å². The summed E-state index contributed by atoms with van der Waals surface area (Å²) in [6.07, 6.45) is 1.88. The molecule has 0 amide bonds. The van der Waals surface area contributed by atoms with Crippen LogP contribution in [0.4, 0.5) is 0 Å². The number of carbonyl (C=O) groups is 1. The smallest absolute Gasteiger partial charge is 0.317 e. The number of carboxylic acid groups (broad SMARTS) is 1. The third-order valence-electron chi connectivity index (χ3n) is 2.82. The average Bonchev–Trinajstić information content (AvgIpc) is 2.74. The van der Waals surface area contributed by atoms with Crippen molar-refractivity contribution >= 4 is 17.3 Å². The molecular weight excluding hydrogens is 236 g/mol. The Morgan fingerprint density at radius 2 is 2.29 bits per heavy atom. The molecule has 1 N–H and O–H groups in total. The van der Waals surface area contributed by atoms with E-state index in [1.807, 2.05) is 10.3 Å². The molecule has 0 saturated carbocycles. The van der Waals surface area contributed by atoms with Crippen LogP contribution in [0.3, 0.4) is 0 Å². The SMILES string of the molecule is CCc1nc(CN(CC(=O)O)C(C)CC)cs1. The summed E-state index contributed by atoms with van der Waals surface area (Å²) in [5, 5.41) is 12.0. The Hall–Kier alpha value is -0.940. The second kappa shape index (κ2) is 6.71.